The van der Waals surface area contributed by atoms with Crippen LogP contribution in [0.2, 0.25) is 0 Å². The predicted molar refractivity (Wildman–Crippen MR) is 164 cm³/mol. The number of carboxylic acids is 1. The second-order valence-electron chi connectivity index (χ2n) is 8.76. The number of amides is 2. The Balaban J connectivity index is 1.81. The van der Waals surface area contributed by atoms with Gasteiger partial charge in [0.1, 0.15) is 11.5 Å². The maximum atomic E-state index is 12.1. The van der Waals surface area contributed by atoms with Gasteiger partial charge in [-0.25, -0.2) is 0 Å². The molecule has 226 valence electrons. The van der Waals surface area contributed by atoms with Crippen LogP contribution in [0.4, 0.5) is 22.7 Å². The third-order valence-electron chi connectivity index (χ3n) is 5.40. The van der Waals surface area contributed by atoms with E-state index in [4.69, 9.17) is 26.0 Å². The third kappa shape index (κ3) is 10.7. The molecule has 1 atom stereocenters. The molecule has 1 unspecified atom stereocenters. The van der Waals surface area contributed by atoms with Crippen LogP contribution in [0.3, 0.4) is 0 Å². The lowest BCUT2D eigenvalue weighted by Gasteiger charge is -2.23. The van der Waals surface area contributed by atoms with Crippen LogP contribution >= 0.6 is 17.1 Å². The number of hydrogen-bond acceptors (Lipinski definition) is 11. The number of aliphatic carboxylic acids is 1. The molecule has 14 nitrogen and oxygen atoms in total. The number of nitro groups is 2. The predicted octanol–water partition coefficient (Wildman–Crippen LogP) is 6.27. The first-order valence-corrected chi connectivity index (χ1v) is 16.6. The number of anilines is 2. The van der Waals surface area contributed by atoms with Gasteiger partial charge in [-0.2, -0.15) is 0 Å². The third-order valence-corrected chi connectivity index (χ3v) is 10.2. The van der Waals surface area contributed by atoms with Gasteiger partial charge in [0.25, 0.3) is 11.4 Å². The summed E-state index contributed by atoms with van der Waals surface area (Å²) in [6.07, 6.45) is 0.103. The molecule has 3 rings (SSSR count). The quantitative estimate of drug-likeness (QED) is 0.0949. The monoisotopic (exact) mass is 648 g/mol. The molecule has 0 aromatic heterocycles. The molecule has 0 saturated heterocycles. The largest absolute Gasteiger partial charge is 0.481 e. The minimum Gasteiger partial charge on any atom is -0.481 e. The molecule has 3 N–H and O–H groups in total. The number of carboxylic acid groups (broad SMARTS) is 1. The van der Waals surface area contributed by atoms with Crippen LogP contribution in [0.15, 0.2) is 66.7 Å². The van der Waals surface area contributed by atoms with E-state index < -0.39 is 32.9 Å². The lowest BCUT2D eigenvalue weighted by Crippen LogP contribution is -2.11. The van der Waals surface area contributed by atoms with Gasteiger partial charge >= 0.3 is 11.7 Å². The number of nitro benzene ring substituents is 2. The van der Waals surface area contributed by atoms with Gasteiger partial charge in [-0.3, -0.25) is 34.6 Å². The van der Waals surface area contributed by atoms with Crippen LogP contribution in [0.1, 0.15) is 31.7 Å². The topological polar surface area (TPSA) is 200 Å². The van der Waals surface area contributed by atoms with Gasteiger partial charge in [0, 0.05) is 48.5 Å². The fraction of sp³-hybridized carbons (Fsp3) is 0.192. The molecule has 43 heavy (non-hydrogen) atoms. The van der Waals surface area contributed by atoms with E-state index in [1.54, 1.807) is 36.4 Å². The average molecular weight is 649 g/mol. The summed E-state index contributed by atoms with van der Waals surface area (Å²) in [4.78, 5) is 55.3. The van der Waals surface area contributed by atoms with E-state index in [0.29, 0.717) is 17.1 Å². The number of hydrogen-bond donors (Lipinski definition) is 3. The van der Waals surface area contributed by atoms with Gasteiger partial charge in [0.15, 0.2) is 0 Å². The molecule has 3 aromatic carbocycles. The lowest BCUT2D eigenvalue weighted by atomic mass is 10.2. The Hall–Kier alpha value is -4.53. The smallest absolute Gasteiger partial charge is 0.348 e. The van der Waals surface area contributed by atoms with Crippen molar-refractivity contribution in [3.05, 3.63) is 92.5 Å². The highest BCUT2D eigenvalue weighted by molar-refractivity contribution is 8.67. The Morgan fingerprint density at radius 1 is 0.884 bits per heavy atom. The summed E-state index contributed by atoms with van der Waals surface area (Å²) < 4.78 is 12.1. The highest BCUT2D eigenvalue weighted by Crippen LogP contribution is 2.61. The highest BCUT2D eigenvalue weighted by Gasteiger charge is 2.27. The Morgan fingerprint density at radius 2 is 1.44 bits per heavy atom. The van der Waals surface area contributed by atoms with Gasteiger partial charge in [-0.15, -0.1) is 0 Å². The van der Waals surface area contributed by atoms with Crippen LogP contribution in [-0.2, 0) is 31.9 Å². The van der Waals surface area contributed by atoms with Crippen molar-refractivity contribution >= 4 is 69.4 Å². The Morgan fingerprint density at radius 3 is 1.93 bits per heavy atom. The summed E-state index contributed by atoms with van der Waals surface area (Å²) in [6, 6.07) is 15.8. The molecule has 0 fully saturated rings. The zero-order valence-electron chi connectivity index (χ0n) is 22.5. The minimum absolute atomic E-state index is 0.0331. The molecule has 0 saturated carbocycles. The number of nitrogens with zero attached hydrogens (tertiary/aromatic N) is 2. The first-order chi connectivity index (χ1) is 20.3. The lowest BCUT2D eigenvalue weighted by molar-refractivity contribution is -0.394. The van der Waals surface area contributed by atoms with Crippen LogP contribution in [0.5, 0.6) is 11.5 Å². The first kappa shape index (κ1) is 33.0. The van der Waals surface area contributed by atoms with Crippen LogP contribution in [-0.4, -0.2) is 32.7 Å². The molecule has 0 bridgehead atoms. The fourth-order valence-electron chi connectivity index (χ4n) is 3.46. The Labute approximate surface area is 254 Å². The zero-order chi connectivity index (χ0) is 31.6. The minimum atomic E-state index is -3.36. The van der Waals surface area contributed by atoms with E-state index in [2.05, 4.69) is 10.6 Å². The summed E-state index contributed by atoms with van der Waals surface area (Å²) in [7, 11) is 0. The number of benzene rings is 3. The fourth-order valence-corrected chi connectivity index (χ4v) is 7.62. The SMILES string of the molecule is CC(=O)Nc1ccc(OP(=S)(Oc2ccc(NC(=O)CCCC(=O)O)cc2)SCc2ccc([N+](=O)[O-])cc2[N+](=O)[O-])cc1. The molecular formula is C26H25N4O10PS2. The summed E-state index contributed by atoms with van der Waals surface area (Å²) in [5.41, 5.74) is -3.12. The Bertz CT molecular complexity index is 1570. The van der Waals surface area contributed by atoms with Gasteiger partial charge in [0.05, 0.1) is 15.9 Å². The second-order valence-corrected chi connectivity index (χ2v) is 14.9. The van der Waals surface area contributed by atoms with Gasteiger partial charge in [-0.05, 0) is 84.2 Å². The molecule has 17 heteroatoms. The molecule has 0 heterocycles. The highest BCUT2D eigenvalue weighted by atomic mass is 32.9. The first-order valence-electron chi connectivity index (χ1n) is 12.4. The van der Waals surface area contributed by atoms with Crippen LogP contribution in [0.25, 0.3) is 0 Å². The van der Waals surface area contributed by atoms with E-state index in [9.17, 15) is 34.6 Å². The van der Waals surface area contributed by atoms with Crippen molar-refractivity contribution in [1.29, 1.82) is 0 Å². The molecule has 3 aromatic rings. The Kier molecular flexibility index (Phi) is 11.6. The van der Waals surface area contributed by atoms with E-state index in [0.717, 1.165) is 23.5 Å². The van der Waals surface area contributed by atoms with Crippen molar-refractivity contribution in [1.82, 2.24) is 0 Å². The normalized spacial score (nSPS) is 11.9. The van der Waals surface area contributed by atoms with E-state index in [1.165, 1.54) is 25.1 Å². The van der Waals surface area contributed by atoms with Crippen molar-refractivity contribution in [2.24, 2.45) is 0 Å². The molecule has 0 spiro atoms. The molecule has 0 radical (unpaired) electrons. The number of nitrogens with one attached hydrogen (secondary N) is 2. The second kappa shape index (κ2) is 15.1. The number of carbonyl (C=O) groups is 3. The average Bonchev–Trinajstić information content (AvgIpc) is 2.93. The molecule has 0 aliphatic heterocycles. The summed E-state index contributed by atoms with van der Waals surface area (Å²) in [6.45, 7) is 1.36. The van der Waals surface area contributed by atoms with Crippen LogP contribution < -0.4 is 19.7 Å². The van der Waals surface area contributed by atoms with Crippen molar-refractivity contribution in [2.75, 3.05) is 10.6 Å². The number of rotatable bonds is 15. The zero-order valence-corrected chi connectivity index (χ0v) is 25.0. The van der Waals surface area contributed by atoms with Crippen molar-refractivity contribution in [3.8, 4) is 11.5 Å². The summed E-state index contributed by atoms with van der Waals surface area (Å²) >= 11 is 6.75. The van der Waals surface area contributed by atoms with Crippen molar-refractivity contribution < 1.29 is 38.4 Å². The summed E-state index contributed by atoms with van der Waals surface area (Å²) in [5, 5.41) is 36.7. The molecule has 0 aliphatic rings. The van der Waals surface area contributed by atoms with E-state index in [-0.39, 0.29) is 48.1 Å². The number of non-ortho nitro benzene ring substituents is 1. The van der Waals surface area contributed by atoms with Gasteiger partial charge in [-0.1, -0.05) is 0 Å². The summed E-state index contributed by atoms with van der Waals surface area (Å²) in [5.74, 6) is -1.10. The van der Waals surface area contributed by atoms with Crippen LogP contribution in [0, 0.1) is 20.2 Å². The molecule has 2 amide bonds. The standard InChI is InChI=1S/C26H25N4O10PS2/c1-17(31)27-19-6-11-22(12-7-19)39-41(42,43-16-18-5-10-21(29(35)36)15-24(18)30(37)38)40-23-13-8-20(9-14-23)28-25(32)3-2-4-26(33)34/h5-15H,2-4,16H2,1H3,(H,27,31)(H,28,32)(H,33,34). The molecular weight excluding hydrogens is 623 g/mol. The van der Waals surface area contributed by atoms with Crippen molar-refractivity contribution in [3.63, 3.8) is 0 Å². The van der Waals surface area contributed by atoms with E-state index >= 15 is 0 Å². The van der Waals surface area contributed by atoms with Gasteiger partial charge in [0.2, 0.25) is 11.8 Å². The number of carbonyl (C=O) groups excluding carboxylic acids is 2. The van der Waals surface area contributed by atoms with E-state index in [1.807, 2.05) is 0 Å². The molecule has 0 aliphatic carbocycles. The maximum Gasteiger partial charge on any atom is 0.348 e. The maximum absolute atomic E-state index is 12.1. The van der Waals surface area contributed by atoms with Gasteiger partial charge < -0.3 is 24.8 Å². The van der Waals surface area contributed by atoms with Crippen molar-refractivity contribution in [2.45, 2.75) is 31.9 Å².